The van der Waals surface area contributed by atoms with Crippen molar-refractivity contribution in [2.45, 2.75) is 65.5 Å². The zero-order chi connectivity index (χ0) is 17.1. The summed E-state index contributed by atoms with van der Waals surface area (Å²) in [6.45, 7) is 14.3. The molecule has 0 saturated heterocycles. The van der Waals surface area contributed by atoms with Gasteiger partial charge in [0.25, 0.3) is 5.97 Å². The van der Waals surface area contributed by atoms with E-state index in [1.165, 1.54) is 0 Å². The molecule has 0 heterocycles. The normalized spacial score (nSPS) is 25.2. The van der Waals surface area contributed by atoms with Crippen molar-refractivity contribution in [2.75, 3.05) is 0 Å². The third-order valence-electron chi connectivity index (χ3n) is 3.43. The maximum atomic E-state index is 12.5. The molecule has 1 rings (SSSR count). The van der Waals surface area contributed by atoms with Crippen LogP contribution in [0.4, 0.5) is 0 Å². The van der Waals surface area contributed by atoms with E-state index in [1.807, 2.05) is 39.3 Å². The van der Waals surface area contributed by atoms with Crippen LogP contribution in [0.25, 0.3) is 0 Å². The van der Waals surface area contributed by atoms with E-state index in [0.29, 0.717) is 11.7 Å². The van der Waals surface area contributed by atoms with Crippen LogP contribution < -0.4 is 0 Å². The van der Waals surface area contributed by atoms with Crippen LogP contribution >= 0.6 is 0 Å². The molecule has 0 aromatic carbocycles. The van der Waals surface area contributed by atoms with Gasteiger partial charge in [-0.1, -0.05) is 6.92 Å². The zero-order valence-electron chi connectivity index (χ0n) is 14.9. The molecule has 0 amide bonds. The fourth-order valence-corrected chi connectivity index (χ4v) is 4.13. The first-order valence-corrected chi connectivity index (χ1v) is 14.8. The standard InChI is InChI=1S/C16H29NO3Si2/c1-12-8-9-13(16(18)20-22(5,6)7)14(10-12)15(11-17)19-21(2,3)4/h12-13H,8-10H2,1-7H3/b15-14+/t12-,13+/m0/s1. The van der Waals surface area contributed by atoms with E-state index in [9.17, 15) is 10.1 Å². The summed E-state index contributed by atoms with van der Waals surface area (Å²) in [5.41, 5.74) is 0.854. The summed E-state index contributed by atoms with van der Waals surface area (Å²) < 4.78 is 11.6. The molecule has 0 bridgehead atoms. The van der Waals surface area contributed by atoms with Crippen molar-refractivity contribution < 1.29 is 13.6 Å². The first-order chi connectivity index (χ1) is 9.93. The fraction of sp³-hybridized carbons (Fsp3) is 0.750. The molecule has 1 fully saturated rings. The van der Waals surface area contributed by atoms with Crippen LogP contribution in [0.5, 0.6) is 0 Å². The molecule has 0 radical (unpaired) electrons. The first-order valence-electron chi connectivity index (χ1n) is 7.98. The second-order valence-electron chi connectivity index (χ2n) is 8.15. The molecule has 1 aliphatic rings. The Kier molecular flexibility index (Phi) is 6.05. The van der Waals surface area contributed by atoms with Gasteiger partial charge in [-0.3, -0.25) is 4.79 Å². The SMILES string of the molecule is C[C@H]1CC[C@@H](C(=O)O[Si](C)(C)C)/C(=C(\C#N)O[Si](C)(C)C)C1. The summed E-state index contributed by atoms with van der Waals surface area (Å²) in [5, 5.41) is 9.51. The van der Waals surface area contributed by atoms with Crippen molar-refractivity contribution in [1.29, 1.82) is 5.26 Å². The van der Waals surface area contributed by atoms with E-state index in [1.54, 1.807) is 0 Å². The molecule has 1 aliphatic carbocycles. The van der Waals surface area contributed by atoms with Gasteiger partial charge < -0.3 is 8.85 Å². The van der Waals surface area contributed by atoms with Gasteiger partial charge >= 0.3 is 0 Å². The van der Waals surface area contributed by atoms with Crippen molar-refractivity contribution in [3.8, 4) is 6.07 Å². The monoisotopic (exact) mass is 339 g/mol. The Hall–Kier alpha value is -1.07. The van der Waals surface area contributed by atoms with Crippen LogP contribution in [0.15, 0.2) is 11.3 Å². The lowest BCUT2D eigenvalue weighted by atomic mass is 9.78. The molecule has 2 atom stereocenters. The van der Waals surface area contributed by atoms with Crippen LogP contribution in [-0.4, -0.2) is 22.6 Å². The minimum Gasteiger partial charge on any atom is -0.537 e. The van der Waals surface area contributed by atoms with Crippen molar-refractivity contribution in [2.24, 2.45) is 11.8 Å². The molecule has 6 heteroatoms. The van der Waals surface area contributed by atoms with E-state index in [-0.39, 0.29) is 11.9 Å². The van der Waals surface area contributed by atoms with Gasteiger partial charge in [0.2, 0.25) is 16.6 Å². The Balaban J connectivity index is 3.13. The van der Waals surface area contributed by atoms with Gasteiger partial charge in [0.1, 0.15) is 6.07 Å². The van der Waals surface area contributed by atoms with Crippen LogP contribution in [0.2, 0.25) is 39.3 Å². The highest BCUT2D eigenvalue weighted by atomic mass is 28.4. The van der Waals surface area contributed by atoms with Gasteiger partial charge in [0.05, 0.1) is 5.92 Å². The third kappa shape index (κ3) is 5.97. The molecule has 0 N–H and O–H groups in total. The van der Waals surface area contributed by atoms with E-state index in [4.69, 9.17) is 8.85 Å². The highest BCUT2D eigenvalue weighted by molar-refractivity contribution is 6.71. The smallest absolute Gasteiger partial charge is 0.299 e. The van der Waals surface area contributed by atoms with Gasteiger partial charge in [-0.15, -0.1) is 0 Å². The Labute approximate surface area is 136 Å². The summed E-state index contributed by atoms with van der Waals surface area (Å²) in [6.07, 6.45) is 2.49. The molecule has 0 aromatic heterocycles. The number of nitrogens with zero attached hydrogens (tertiary/aromatic N) is 1. The highest BCUT2D eigenvalue weighted by Gasteiger charge is 2.36. The van der Waals surface area contributed by atoms with Crippen molar-refractivity contribution in [1.82, 2.24) is 0 Å². The molecule has 0 aromatic rings. The Morgan fingerprint density at radius 1 is 1.09 bits per heavy atom. The summed E-state index contributed by atoms with van der Waals surface area (Å²) in [4.78, 5) is 12.5. The van der Waals surface area contributed by atoms with Crippen LogP contribution in [0.3, 0.4) is 0 Å². The lowest BCUT2D eigenvalue weighted by Crippen LogP contribution is -2.36. The second-order valence-corrected chi connectivity index (χ2v) is 17.0. The lowest BCUT2D eigenvalue weighted by molar-refractivity contribution is -0.139. The number of hydrogen-bond donors (Lipinski definition) is 0. The highest BCUT2D eigenvalue weighted by Crippen LogP contribution is 2.37. The van der Waals surface area contributed by atoms with E-state index in [0.717, 1.165) is 24.8 Å². The van der Waals surface area contributed by atoms with E-state index >= 15 is 0 Å². The topological polar surface area (TPSA) is 59.3 Å². The largest absolute Gasteiger partial charge is 0.537 e. The summed E-state index contributed by atoms with van der Waals surface area (Å²) in [5.74, 6) is 0.352. The summed E-state index contributed by atoms with van der Waals surface area (Å²) in [7, 11) is -3.81. The molecule has 0 unspecified atom stereocenters. The van der Waals surface area contributed by atoms with Crippen LogP contribution in [-0.2, 0) is 13.6 Å². The number of nitriles is 1. The molecule has 4 nitrogen and oxygen atoms in total. The summed E-state index contributed by atoms with van der Waals surface area (Å²) >= 11 is 0. The molecule has 0 aliphatic heterocycles. The number of carbonyl (C=O) groups excluding carboxylic acids is 1. The van der Waals surface area contributed by atoms with Crippen molar-refractivity contribution in [3.05, 3.63) is 11.3 Å². The molecule has 0 spiro atoms. The van der Waals surface area contributed by atoms with E-state index in [2.05, 4.69) is 13.0 Å². The minimum atomic E-state index is -1.93. The molecule has 124 valence electrons. The van der Waals surface area contributed by atoms with Crippen LogP contribution in [0.1, 0.15) is 26.2 Å². The quantitative estimate of drug-likeness (QED) is 0.432. The van der Waals surface area contributed by atoms with Gasteiger partial charge in [0, 0.05) is 0 Å². The fourth-order valence-electron chi connectivity index (χ4n) is 2.60. The zero-order valence-corrected chi connectivity index (χ0v) is 16.9. The molecular formula is C16H29NO3Si2. The van der Waals surface area contributed by atoms with Crippen molar-refractivity contribution in [3.63, 3.8) is 0 Å². The van der Waals surface area contributed by atoms with Gasteiger partial charge in [-0.05, 0) is 70.0 Å². The third-order valence-corrected chi connectivity index (χ3v) is 5.06. The molecule has 1 saturated carbocycles. The van der Waals surface area contributed by atoms with Crippen LogP contribution in [0, 0.1) is 23.2 Å². The summed E-state index contributed by atoms with van der Waals surface area (Å²) in [6, 6.07) is 2.19. The maximum Gasteiger partial charge on any atom is 0.299 e. The van der Waals surface area contributed by atoms with Crippen molar-refractivity contribution >= 4 is 22.6 Å². The number of allylic oxidation sites excluding steroid dienone is 1. The average molecular weight is 340 g/mol. The molecular weight excluding hydrogens is 310 g/mol. The molecule has 22 heavy (non-hydrogen) atoms. The lowest BCUT2D eigenvalue weighted by Gasteiger charge is -2.32. The van der Waals surface area contributed by atoms with Gasteiger partial charge in [-0.25, -0.2) is 0 Å². The first kappa shape index (κ1) is 19.0. The minimum absolute atomic E-state index is 0.173. The predicted octanol–water partition coefficient (Wildman–Crippen LogP) is 4.43. The Bertz CT molecular complexity index is 495. The Morgan fingerprint density at radius 2 is 1.64 bits per heavy atom. The van der Waals surface area contributed by atoms with Gasteiger partial charge in [-0.2, -0.15) is 5.26 Å². The average Bonchev–Trinajstić information content (AvgIpc) is 2.32. The second kappa shape index (κ2) is 7.01. The number of rotatable bonds is 4. The predicted molar refractivity (Wildman–Crippen MR) is 93.0 cm³/mol. The van der Waals surface area contributed by atoms with Gasteiger partial charge in [0.15, 0.2) is 5.76 Å². The number of carbonyl (C=O) groups is 1. The Morgan fingerprint density at radius 3 is 2.09 bits per heavy atom. The number of hydrogen-bond acceptors (Lipinski definition) is 4. The maximum absolute atomic E-state index is 12.5. The van der Waals surface area contributed by atoms with E-state index < -0.39 is 16.6 Å².